The molecule has 0 spiro atoms. The first-order chi connectivity index (χ1) is 20.4. The van der Waals surface area contributed by atoms with Crippen LogP contribution in [0.4, 0.5) is 17.3 Å². The van der Waals surface area contributed by atoms with Crippen molar-refractivity contribution in [1.29, 1.82) is 0 Å². The first kappa shape index (κ1) is 29.4. The summed E-state index contributed by atoms with van der Waals surface area (Å²) in [6.07, 6.45) is 8.43. The van der Waals surface area contributed by atoms with Gasteiger partial charge in [-0.05, 0) is 19.1 Å². The number of rotatable bonds is 9. The van der Waals surface area contributed by atoms with Crippen molar-refractivity contribution in [2.24, 2.45) is 0 Å². The van der Waals surface area contributed by atoms with Crippen molar-refractivity contribution in [3.8, 4) is 17.0 Å². The molecule has 2 aliphatic heterocycles. The number of amides is 1. The molecule has 0 aliphatic carbocycles. The fourth-order valence-electron chi connectivity index (χ4n) is 4.48. The maximum Gasteiger partial charge on any atom is 0.253 e. The molecule has 14 heteroatoms. The van der Waals surface area contributed by atoms with Crippen LogP contribution in [0.2, 0.25) is 10.0 Å². The number of halogens is 2. The molecule has 0 atom stereocenters. The van der Waals surface area contributed by atoms with Crippen molar-refractivity contribution in [2.75, 3.05) is 63.8 Å². The van der Waals surface area contributed by atoms with Crippen LogP contribution in [0, 0.1) is 0 Å². The van der Waals surface area contributed by atoms with Gasteiger partial charge in [-0.2, -0.15) is 0 Å². The third-order valence-electron chi connectivity index (χ3n) is 6.73. The Labute approximate surface area is 253 Å². The fraction of sp³-hybridized carbons (Fsp3) is 0.321. The number of allylic oxidation sites excluding steroid dienone is 2. The molecule has 12 nitrogen and oxygen atoms in total. The molecular formula is C28H30Cl2N8O4. The molecule has 3 aromatic rings. The highest BCUT2D eigenvalue weighted by Crippen LogP contribution is 2.42. The maximum absolute atomic E-state index is 12.7. The number of nitrogens with zero attached hydrogens (tertiary/aromatic N) is 6. The summed E-state index contributed by atoms with van der Waals surface area (Å²) in [6, 6.07) is 3.29. The highest BCUT2D eigenvalue weighted by Gasteiger charge is 2.23. The molecule has 4 heterocycles. The lowest BCUT2D eigenvalue weighted by molar-refractivity contribution is 0.0452. The number of methoxy groups -OCH3 is 1. The van der Waals surface area contributed by atoms with Gasteiger partial charge >= 0.3 is 0 Å². The Morgan fingerprint density at radius 3 is 2.64 bits per heavy atom. The van der Waals surface area contributed by atoms with E-state index in [9.17, 15) is 4.79 Å². The highest BCUT2D eigenvalue weighted by molar-refractivity contribution is 6.42. The second-order valence-corrected chi connectivity index (χ2v) is 10.0. The number of hydrogen-bond donors (Lipinski definition) is 2. The van der Waals surface area contributed by atoms with Gasteiger partial charge in [-0.3, -0.25) is 4.79 Å². The molecule has 5 rings (SSSR count). The molecule has 2 N–H and O–H groups in total. The van der Waals surface area contributed by atoms with Crippen LogP contribution in [0.25, 0.3) is 11.3 Å². The Hall–Kier alpha value is -4.13. The SMILES string of the molecule is CCNC(=O)c1cc(OC)c(Cl)c(Nc2ncncc2-c2cc(N(C)C3=CC=C(N4CCOCC4)CO3)ncn2)c1Cl. The second kappa shape index (κ2) is 13.2. The van der Waals surface area contributed by atoms with E-state index in [0.29, 0.717) is 55.1 Å². The standard InChI is InChI=1S/C28H30Cl2N8O4/c1-4-32-28(39)18-11-21(40-3)25(30)26(24(18)29)36-27-19(13-31-15-35-27)20-12-22(34-16-33-20)37(2)23-6-5-17(14-42-23)38-7-9-41-10-8-38/h5-6,11-13,15-16H,4,7-10,14H2,1-3H3,(H,32,39)(H,31,35,36). The van der Waals surface area contributed by atoms with Crippen molar-refractivity contribution in [2.45, 2.75) is 6.92 Å². The van der Waals surface area contributed by atoms with Crippen molar-refractivity contribution in [1.82, 2.24) is 30.2 Å². The molecule has 1 amide bonds. The first-order valence-corrected chi connectivity index (χ1v) is 14.0. The first-order valence-electron chi connectivity index (χ1n) is 13.2. The van der Waals surface area contributed by atoms with E-state index in [0.717, 1.165) is 18.8 Å². The lowest BCUT2D eigenvalue weighted by atomic mass is 10.1. The molecule has 1 saturated heterocycles. The zero-order chi connectivity index (χ0) is 29.6. The Balaban J connectivity index is 1.43. The number of hydrogen-bond acceptors (Lipinski definition) is 11. The summed E-state index contributed by atoms with van der Waals surface area (Å²) in [4.78, 5) is 34.3. The minimum atomic E-state index is -0.363. The Morgan fingerprint density at radius 2 is 1.93 bits per heavy atom. The van der Waals surface area contributed by atoms with Gasteiger partial charge in [0.05, 0.1) is 53.6 Å². The van der Waals surface area contributed by atoms with Crippen LogP contribution < -0.4 is 20.3 Å². The van der Waals surface area contributed by atoms with E-state index < -0.39 is 0 Å². The monoisotopic (exact) mass is 612 g/mol. The van der Waals surface area contributed by atoms with Gasteiger partial charge in [-0.25, -0.2) is 19.9 Å². The summed E-state index contributed by atoms with van der Waals surface area (Å²) >= 11 is 13.3. The molecule has 220 valence electrons. The molecule has 0 bridgehead atoms. The number of morpholine rings is 1. The fourth-order valence-corrected chi connectivity index (χ4v) is 5.09. The number of aromatic nitrogens is 4. The van der Waals surface area contributed by atoms with E-state index in [2.05, 4.69) is 41.5 Å². The molecule has 42 heavy (non-hydrogen) atoms. The average molecular weight is 614 g/mol. The topological polar surface area (TPSA) is 127 Å². The van der Waals surface area contributed by atoms with Crippen LogP contribution in [0.1, 0.15) is 17.3 Å². The molecular weight excluding hydrogens is 583 g/mol. The zero-order valence-electron chi connectivity index (χ0n) is 23.4. The number of benzene rings is 1. The summed E-state index contributed by atoms with van der Waals surface area (Å²) in [5, 5.41) is 6.21. The van der Waals surface area contributed by atoms with Gasteiger partial charge in [-0.1, -0.05) is 23.2 Å². The van der Waals surface area contributed by atoms with Crippen LogP contribution in [0.5, 0.6) is 5.75 Å². The minimum absolute atomic E-state index is 0.116. The van der Waals surface area contributed by atoms with E-state index in [-0.39, 0.29) is 33.0 Å². The molecule has 0 radical (unpaired) electrons. The minimum Gasteiger partial charge on any atom is -0.495 e. The molecule has 1 aromatic carbocycles. The van der Waals surface area contributed by atoms with Gasteiger partial charge < -0.3 is 34.6 Å². The van der Waals surface area contributed by atoms with Crippen LogP contribution in [-0.2, 0) is 9.47 Å². The van der Waals surface area contributed by atoms with Gasteiger partial charge in [0, 0.05) is 45.0 Å². The van der Waals surface area contributed by atoms with Gasteiger partial charge in [0.25, 0.3) is 5.91 Å². The Morgan fingerprint density at radius 1 is 1.12 bits per heavy atom. The lowest BCUT2D eigenvalue weighted by Gasteiger charge is -2.33. The lowest BCUT2D eigenvalue weighted by Crippen LogP contribution is -2.38. The molecule has 0 saturated carbocycles. The summed E-state index contributed by atoms with van der Waals surface area (Å²) in [5.74, 6) is 1.52. The van der Waals surface area contributed by atoms with E-state index >= 15 is 0 Å². The predicted octanol–water partition coefficient (Wildman–Crippen LogP) is 4.27. The molecule has 1 fully saturated rings. The van der Waals surface area contributed by atoms with Crippen molar-refractivity contribution in [3.05, 3.63) is 70.3 Å². The van der Waals surface area contributed by atoms with Gasteiger partial charge in [0.2, 0.25) is 0 Å². The van der Waals surface area contributed by atoms with E-state index in [4.69, 9.17) is 37.4 Å². The maximum atomic E-state index is 12.7. The van der Waals surface area contributed by atoms with E-state index in [1.54, 1.807) is 12.3 Å². The zero-order valence-corrected chi connectivity index (χ0v) is 24.9. The Kier molecular flexibility index (Phi) is 9.25. The number of carbonyl (C=O) groups is 1. The Bertz CT molecular complexity index is 1530. The van der Waals surface area contributed by atoms with Crippen LogP contribution >= 0.6 is 23.2 Å². The van der Waals surface area contributed by atoms with Crippen LogP contribution in [0.3, 0.4) is 0 Å². The average Bonchev–Trinajstić information content (AvgIpc) is 3.03. The normalized spacial score (nSPS) is 14.8. The van der Waals surface area contributed by atoms with Crippen LogP contribution in [-0.4, -0.2) is 84.4 Å². The summed E-state index contributed by atoms with van der Waals surface area (Å²) in [5.41, 5.74) is 2.66. The van der Waals surface area contributed by atoms with Gasteiger partial charge in [0.1, 0.15) is 41.7 Å². The third kappa shape index (κ3) is 6.20. The van der Waals surface area contributed by atoms with Crippen molar-refractivity contribution < 1.29 is 19.0 Å². The number of ether oxygens (including phenoxy) is 3. The van der Waals surface area contributed by atoms with Gasteiger partial charge in [-0.15, -0.1) is 0 Å². The second-order valence-electron chi connectivity index (χ2n) is 9.27. The molecule has 0 unspecified atom stereocenters. The molecule has 2 aliphatic rings. The van der Waals surface area contributed by atoms with E-state index in [1.807, 2.05) is 24.9 Å². The summed E-state index contributed by atoms with van der Waals surface area (Å²) < 4.78 is 16.9. The third-order valence-corrected chi connectivity index (χ3v) is 7.50. The van der Waals surface area contributed by atoms with Crippen molar-refractivity contribution >= 4 is 46.4 Å². The van der Waals surface area contributed by atoms with Crippen molar-refractivity contribution in [3.63, 3.8) is 0 Å². The number of anilines is 3. The molecule has 2 aromatic heterocycles. The summed E-state index contributed by atoms with van der Waals surface area (Å²) in [6.45, 7) is 5.81. The van der Waals surface area contributed by atoms with Crippen LogP contribution in [0.15, 0.2) is 54.7 Å². The number of carbonyl (C=O) groups excluding carboxylic acids is 1. The summed E-state index contributed by atoms with van der Waals surface area (Å²) in [7, 11) is 3.32. The van der Waals surface area contributed by atoms with Gasteiger partial charge in [0.15, 0.2) is 5.88 Å². The largest absolute Gasteiger partial charge is 0.495 e. The quantitative estimate of drug-likeness (QED) is 0.359. The highest BCUT2D eigenvalue weighted by atomic mass is 35.5. The smallest absolute Gasteiger partial charge is 0.253 e. The van der Waals surface area contributed by atoms with E-state index in [1.165, 1.54) is 25.8 Å². The predicted molar refractivity (Wildman–Crippen MR) is 160 cm³/mol. The number of nitrogens with one attached hydrogen (secondary N) is 2.